The maximum atomic E-state index is 11.9. The molecule has 0 spiro atoms. The first-order valence-electron chi connectivity index (χ1n) is 8.85. The number of nitrogens with zero attached hydrogens (tertiary/aromatic N) is 4. The summed E-state index contributed by atoms with van der Waals surface area (Å²) in [6, 6.07) is 7.66. The number of amides is 1. The average molecular weight is 363 g/mol. The minimum Gasteiger partial charge on any atom is -0.382 e. The van der Waals surface area contributed by atoms with E-state index in [1.165, 1.54) is 0 Å². The molecule has 1 unspecified atom stereocenters. The Morgan fingerprint density at radius 2 is 2.11 bits per heavy atom. The van der Waals surface area contributed by atoms with Crippen molar-refractivity contribution >= 4 is 33.7 Å². The monoisotopic (exact) mass is 363 g/mol. The third-order valence-electron chi connectivity index (χ3n) is 4.88. The number of nitrogens with one attached hydrogen (secondary N) is 2. The highest BCUT2D eigenvalue weighted by atomic mass is 16.2. The van der Waals surface area contributed by atoms with Crippen LogP contribution in [-0.4, -0.2) is 42.5 Å². The van der Waals surface area contributed by atoms with Crippen LogP contribution in [0.25, 0.3) is 33.2 Å². The topological polar surface area (TPSA) is 117 Å². The van der Waals surface area contributed by atoms with Crippen LogP contribution in [0.15, 0.2) is 30.5 Å². The molecule has 1 aromatic carbocycles. The Morgan fingerprint density at radius 1 is 1.30 bits per heavy atom. The van der Waals surface area contributed by atoms with Crippen molar-refractivity contribution in [1.29, 1.82) is 0 Å². The fraction of sp³-hybridized carbons (Fsp3) is 0.263. The molecule has 3 aromatic heterocycles. The summed E-state index contributed by atoms with van der Waals surface area (Å²) in [4.78, 5) is 26.1. The van der Waals surface area contributed by atoms with Crippen molar-refractivity contribution in [3.63, 3.8) is 0 Å². The summed E-state index contributed by atoms with van der Waals surface area (Å²) in [5.74, 6) is 1.06. The van der Waals surface area contributed by atoms with Crippen LogP contribution >= 0.6 is 0 Å². The number of nitrogens with two attached hydrogens (primary N) is 1. The molecule has 138 valence electrons. The molecule has 3 heterocycles. The van der Waals surface area contributed by atoms with Gasteiger partial charge in [-0.3, -0.25) is 9.89 Å². The zero-order valence-corrected chi connectivity index (χ0v) is 15.4. The zero-order chi connectivity index (χ0) is 19.1. The smallest absolute Gasteiger partial charge is 0.220 e. The molecule has 4 aromatic rings. The van der Waals surface area contributed by atoms with E-state index in [9.17, 15) is 4.79 Å². The van der Waals surface area contributed by atoms with E-state index in [0.29, 0.717) is 23.7 Å². The number of H-pyrrole nitrogens is 2. The molecule has 0 bridgehead atoms. The number of carbonyl (C=O) groups excluding carboxylic acids is 1. The van der Waals surface area contributed by atoms with Gasteiger partial charge in [0.25, 0.3) is 0 Å². The summed E-state index contributed by atoms with van der Waals surface area (Å²) >= 11 is 0. The molecule has 27 heavy (non-hydrogen) atoms. The van der Waals surface area contributed by atoms with Crippen LogP contribution in [0.5, 0.6) is 0 Å². The predicted molar refractivity (Wildman–Crippen MR) is 105 cm³/mol. The molecule has 1 atom stereocenters. The fourth-order valence-electron chi connectivity index (χ4n) is 3.49. The van der Waals surface area contributed by atoms with Gasteiger partial charge < -0.3 is 15.6 Å². The van der Waals surface area contributed by atoms with Crippen molar-refractivity contribution in [2.45, 2.75) is 26.8 Å². The van der Waals surface area contributed by atoms with Gasteiger partial charge in [-0.25, -0.2) is 9.97 Å². The third-order valence-corrected chi connectivity index (χ3v) is 4.88. The first-order chi connectivity index (χ1) is 13.0. The summed E-state index contributed by atoms with van der Waals surface area (Å²) < 4.78 is 0. The van der Waals surface area contributed by atoms with Crippen LogP contribution in [0.3, 0.4) is 0 Å². The summed E-state index contributed by atoms with van der Waals surface area (Å²) in [6.45, 7) is 6.06. The van der Waals surface area contributed by atoms with Gasteiger partial charge in [-0.1, -0.05) is 6.07 Å². The maximum absolute atomic E-state index is 11.9. The molecule has 0 saturated carbocycles. The summed E-state index contributed by atoms with van der Waals surface area (Å²) in [6.07, 6.45) is 1.78. The molecule has 0 aliphatic rings. The molecule has 4 N–H and O–H groups in total. The van der Waals surface area contributed by atoms with Gasteiger partial charge in [0.15, 0.2) is 5.82 Å². The second-order valence-electron chi connectivity index (χ2n) is 6.52. The number of aromatic nitrogens is 5. The van der Waals surface area contributed by atoms with Crippen LogP contribution in [0.1, 0.15) is 32.6 Å². The van der Waals surface area contributed by atoms with Crippen molar-refractivity contribution in [1.82, 2.24) is 30.0 Å². The summed E-state index contributed by atoms with van der Waals surface area (Å²) in [5, 5.41) is 7.95. The molecule has 0 aliphatic heterocycles. The first-order valence-corrected chi connectivity index (χ1v) is 8.85. The number of fused-ring (bicyclic) bond motifs is 3. The van der Waals surface area contributed by atoms with Gasteiger partial charge in [-0.15, -0.1) is 0 Å². The number of aromatic amines is 2. The molecule has 1 amide bonds. The van der Waals surface area contributed by atoms with Crippen LogP contribution in [0, 0.1) is 0 Å². The van der Waals surface area contributed by atoms with Gasteiger partial charge in [0.2, 0.25) is 5.91 Å². The van der Waals surface area contributed by atoms with Gasteiger partial charge in [0, 0.05) is 30.6 Å². The summed E-state index contributed by atoms with van der Waals surface area (Å²) in [5.41, 5.74) is 10.2. The largest absolute Gasteiger partial charge is 0.382 e. The molecule has 0 fully saturated rings. The second kappa shape index (κ2) is 6.39. The molecule has 0 radical (unpaired) electrons. The van der Waals surface area contributed by atoms with Gasteiger partial charge in [0.05, 0.1) is 22.8 Å². The predicted octanol–water partition coefficient (Wildman–Crippen LogP) is 3.01. The first kappa shape index (κ1) is 17.0. The Bertz CT molecular complexity index is 1130. The Balaban J connectivity index is 1.86. The van der Waals surface area contributed by atoms with Crippen molar-refractivity contribution in [3.05, 3.63) is 36.3 Å². The highest BCUT2D eigenvalue weighted by Gasteiger charge is 2.21. The van der Waals surface area contributed by atoms with E-state index in [1.54, 1.807) is 18.0 Å². The quantitative estimate of drug-likeness (QED) is 0.515. The number of nitrogen functional groups attached to an aromatic ring is 1. The highest BCUT2D eigenvalue weighted by molar-refractivity contribution is 6.07. The Morgan fingerprint density at radius 3 is 2.78 bits per heavy atom. The fourth-order valence-corrected chi connectivity index (χ4v) is 3.49. The minimum absolute atomic E-state index is 0.00468. The third kappa shape index (κ3) is 2.79. The van der Waals surface area contributed by atoms with Crippen molar-refractivity contribution in [2.75, 3.05) is 12.3 Å². The van der Waals surface area contributed by atoms with Crippen LogP contribution in [0.2, 0.25) is 0 Å². The molecule has 8 heteroatoms. The number of hydrogen-bond acceptors (Lipinski definition) is 5. The van der Waals surface area contributed by atoms with E-state index in [2.05, 4.69) is 25.1 Å². The molecular formula is C19H21N7O. The maximum Gasteiger partial charge on any atom is 0.220 e. The van der Waals surface area contributed by atoms with E-state index in [-0.39, 0.29) is 11.9 Å². The van der Waals surface area contributed by atoms with E-state index < -0.39 is 0 Å². The van der Waals surface area contributed by atoms with E-state index in [1.807, 2.05) is 38.1 Å². The van der Waals surface area contributed by atoms with Gasteiger partial charge in [-0.2, -0.15) is 5.10 Å². The zero-order valence-electron chi connectivity index (χ0n) is 15.4. The number of carbonyl (C=O) groups is 1. The molecule has 8 nitrogen and oxygen atoms in total. The van der Waals surface area contributed by atoms with E-state index in [4.69, 9.17) is 5.73 Å². The average Bonchev–Trinajstić information content (AvgIpc) is 3.32. The van der Waals surface area contributed by atoms with Gasteiger partial charge in [0.1, 0.15) is 11.3 Å². The highest BCUT2D eigenvalue weighted by Crippen LogP contribution is 2.31. The minimum atomic E-state index is -0.183. The Hall–Kier alpha value is -3.42. The van der Waals surface area contributed by atoms with Crippen molar-refractivity contribution in [2.24, 2.45) is 0 Å². The standard InChI is InChI=1S/C19H21N7O/c1-4-26(11(3)27)10(2)19-23-16-13-6-5-12(14-7-8-21-25-14)9-15(13)22-18(20)17(16)24-19/h5-10H,4H2,1-3H3,(H2,20,22)(H,21,25)(H,23,24). The number of hydrogen-bond donors (Lipinski definition) is 3. The molecule has 0 aliphatic carbocycles. The lowest BCUT2D eigenvalue weighted by Gasteiger charge is -2.25. The summed E-state index contributed by atoms with van der Waals surface area (Å²) in [7, 11) is 0. The van der Waals surface area contributed by atoms with E-state index in [0.717, 1.165) is 27.7 Å². The molecule has 4 rings (SSSR count). The number of benzene rings is 1. The van der Waals surface area contributed by atoms with Crippen LogP contribution in [-0.2, 0) is 4.79 Å². The number of anilines is 1. The number of rotatable bonds is 4. The van der Waals surface area contributed by atoms with Gasteiger partial charge >= 0.3 is 0 Å². The van der Waals surface area contributed by atoms with Crippen LogP contribution < -0.4 is 5.73 Å². The van der Waals surface area contributed by atoms with Crippen LogP contribution in [0.4, 0.5) is 5.82 Å². The van der Waals surface area contributed by atoms with Crippen molar-refractivity contribution in [3.8, 4) is 11.3 Å². The van der Waals surface area contributed by atoms with Gasteiger partial charge in [-0.05, 0) is 32.0 Å². The SMILES string of the molecule is CCN(C(C)=O)C(C)c1nc2c(N)nc3cc(-c4cc[nH]n4)ccc3c2[nH]1. The lowest BCUT2D eigenvalue weighted by atomic mass is 10.1. The van der Waals surface area contributed by atoms with Crippen molar-refractivity contribution < 1.29 is 4.79 Å². The Kier molecular flexibility index (Phi) is 4.02. The normalized spacial score (nSPS) is 12.6. The molecule has 0 saturated heterocycles. The number of imidazole rings is 1. The molecular weight excluding hydrogens is 342 g/mol. The van der Waals surface area contributed by atoms with E-state index >= 15 is 0 Å². The second-order valence-corrected chi connectivity index (χ2v) is 6.52. The number of pyridine rings is 1. The lowest BCUT2D eigenvalue weighted by molar-refractivity contribution is -0.130. The Labute approximate surface area is 155 Å². The lowest BCUT2D eigenvalue weighted by Crippen LogP contribution is -2.31.